The van der Waals surface area contributed by atoms with E-state index in [0.29, 0.717) is 29.9 Å². The molecule has 0 aliphatic carbocycles. The van der Waals surface area contributed by atoms with Gasteiger partial charge in [-0.1, -0.05) is 6.07 Å². The van der Waals surface area contributed by atoms with E-state index in [4.69, 9.17) is 4.74 Å². The molecular weight excluding hydrogens is 438 g/mol. The molecule has 0 saturated carbocycles. The number of benzene rings is 2. The van der Waals surface area contributed by atoms with E-state index in [1.165, 1.54) is 17.0 Å². The molecule has 8 heteroatoms. The van der Waals surface area contributed by atoms with Gasteiger partial charge in [0.1, 0.15) is 17.3 Å². The largest absolute Gasteiger partial charge is 0.376 e. The van der Waals surface area contributed by atoms with Crippen molar-refractivity contribution in [2.24, 2.45) is 7.05 Å². The highest BCUT2D eigenvalue weighted by Gasteiger charge is 2.33. The van der Waals surface area contributed by atoms with Crippen LogP contribution in [0, 0.1) is 11.6 Å². The lowest BCUT2D eigenvalue weighted by Gasteiger charge is -2.19. The van der Waals surface area contributed by atoms with Gasteiger partial charge in [-0.05, 0) is 54.3 Å². The van der Waals surface area contributed by atoms with Crippen molar-refractivity contribution in [3.63, 3.8) is 0 Å². The highest BCUT2D eigenvalue weighted by atomic mass is 19.1. The first kappa shape index (κ1) is 21.0. The van der Waals surface area contributed by atoms with E-state index in [0.717, 1.165) is 35.9 Å². The molecule has 0 radical (unpaired) electrons. The van der Waals surface area contributed by atoms with Crippen LogP contribution in [0.1, 0.15) is 34.5 Å². The minimum atomic E-state index is -0.659. The molecule has 4 aromatic rings. The summed E-state index contributed by atoms with van der Waals surface area (Å²) in [5, 5.41) is 5.23. The third-order valence-electron chi connectivity index (χ3n) is 6.76. The van der Waals surface area contributed by atoms with E-state index in [2.05, 4.69) is 5.10 Å². The highest BCUT2D eigenvalue weighted by Crippen LogP contribution is 2.31. The van der Waals surface area contributed by atoms with Crippen molar-refractivity contribution in [2.75, 3.05) is 6.61 Å². The van der Waals surface area contributed by atoms with Gasteiger partial charge in [-0.25, -0.2) is 8.78 Å². The number of fused-ring (bicyclic) bond motifs is 2. The number of hydrogen-bond donors (Lipinski definition) is 0. The highest BCUT2D eigenvalue weighted by molar-refractivity contribution is 5.97. The van der Waals surface area contributed by atoms with Crippen LogP contribution in [0.25, 0.3) is 22.0 Å². The number of carbonyl (C=O) groups is 1. The quantitative estimate of drug-likeness (QED) is 0.434. The lowest BCUT2D eigenvalue weighted by Crippen LogP contribution is -2.27. The van der Waals surface area contributed by atoms with Crippen LogP contribution in [0.3, 0.4) is 0 Å². The van der Waals surface area contributed by atoms with Crippen molar-refractivity contribution in [1.29, 1.82) is 0 Å². The molecule has 1 fully saturated rings. The maximum atomic E-state index is 15.1. The molecule has 174 valence electrons. The topological polar surface area (TPSA) is 52.3 Å². The van der Waals surface area contributed by atoms with Gasteiger partial charge in [0.05, 0.1) is 18.2 Å². The van der Waals surface area contributed by atoms with Gasteiger partial charge < -0.3 is 14.2 Å². The van der Waals surface area contributed by atoms with Gasteiger partial charge in [-0.3, -0.25) is 9.48 Å². The standard InChI is InChI=1S/C26H24F2N4O2/c1-30-12-19-9-16(4-5-24(19)29-30)18-10-22(27)21(23(28)11-18)15-32-13-17-6-7-31(25(17)26(32)33)14-20-3-2-8-34-20/h4-7,9-12,20H,2-3,8,13-15H2,1H3. The second kappa shape index (κ2) is 8.06. The Balaban J connectivity index is 1.24. The Morgan fingerprint density at radius 3 is 2.71 bits per heavy atom. The first-order valence-corrected chi connectivity index (χ1v) is 11.5. The number of rotatable bonds is 5. The van der Waals surface area contributed by atoms with E-state index < -0.39 is 11.6 Å². The predicted molar refractivity (Wildman–Crippen MR) is 123 cm³/mol. The minimum Gasteiger partial charge on any atom is -0.376 e. The number of aryl methyl sites for hydroxylation is 1. The fraction of sp³-hybridized carbons (Fsp3) is 0.308. The molecule has 1 atom stereocenters. The first-order chi connectivity index (χ1) is 16.5. The monoisotopic (exact) mass is 462 g/mol. The molecular formula is C26H24F2N4O2. The number of aromatic nitrogens is 3. The van der Waals surface area contributed by atoms with Crippen molar-refractivity contribution in [3.8, 4) is 11.1 Å². The zero-order valence-electron chi connectivity index (χ0n) is 18.8. The maximum absolute atomic E-state index is 15.1. The van der Waals surface area contributed by atoms with Crippen LogP contribution in [0.5, 0.6) is 0 Å². The third kappa shape index (κ3) is 3.58. The van der Waals surface area contributed by atoms with E-state index >= 15 is 8.78 Å². The summed E-state index contributed by atoms with van der Waals surface area (Å²) >= 11 is 0. The zero-order valence-corrected chi connectivity index (χ0v) is 18.8. The first-order valence-electron chi connectivity index (χ1n) is 11.5. The summed E-state index contributed by atoms with van der Waals surface area (Å²) < 4.78 is 39.5. The predicted octanol–water partition coefficient (Wildman–Crippen LogP) is 4.66. The Morgan fingerprint density at radius 1 is 1.12 bits per heavy atom. The molecule has 2 aromatic heterocycles. The average Bonchev–Trinajstić information content (AvgIpc) is 3.58. The number of hydrogen-bond acceptors (Lipinski definition) is 3. The second-order valence-corrected chi connectivity index (χ2v) is 9.13. The van der Waals surface area contributed by atoms with Gasteiger partial charge in [0.15, 0.2) is 0 Å². The molecule has 1 saturated heterocycles. The molecule has 6 rings (SSSR count). The zero-order chi connectivity index (χ0) is 23.4. The van der Waals surface area contributed by atoms with Crippen molar-refractivity contribution >= 4 is 16.8 Å². The summed E-state index contributed by atoms with van der Waals surface area (Å²) in [7, 11) is 1.83. The Kier molecular flexibility index (Phi) is 4.99. The number of nitrogens with zero attached hydrogens (tertiary/aromatic N) is 4. The number of amides is 1. The minimum absolute atomic E-state index is 0.101. The SMILES string of the molecule is Cn1cc2cc(-c3cc(F)c(CN4Cc5ccn(CC6CCCO6)c5C4=O)c(F)c3)ccc2n1. The van der Waals surface area contributed by atoms with Crippen molar-refractivity contribution in [2.45, 2.75) is 38.6 Å². The number of carbonyl (C=O) groups excluding carboxylic acids is 1. The van der Waals surface area contributed by atoms with Gasteiger partial charge in [0.25, 0.3) is 5.91 Å². The molecule has 1 amide bonds. The van der Waals surface area contributed by atoms with E-state index in [9.17, 15) is 4.79 Å². The molecule has 0 N–H and O–H groups in total. The number of halogens is 2. The molecule has 2 aromatic carbocycles. The van der Waals surface area contributed by atoms with Crippen LogP contribution in [0.2, 0.25) is 0 Å². The normalized spacial score (nSPS) is 17.8. The third-order valence-corrected chi connectivity index (χ3v) is 6.76. The van der Waals surface area contributed by atoms with Crippen LogP contribution < -0.4 is 0 Å². The van der Waals surface area contributed by atoms with Crippen molar-refractivity contribution in [3.05, 3.63) is 77.2 Å². The summed E-state index contributed by atoms with van der Waals surface area (Å²) in [6.45, 7) is 1.59. The van der Waals surface area contributed by atoms with Crippen LogP contribution in [0.4, 0.5) is 8.78 Å². The molecule has 4 heterocycles. The average molecular weight is 463 g/mol. The van der Waals surface area contributed by atoms with E-state index in [1.807, 2.05) is 42.2 Å². The summed E-state index contributed by atoms with van der Waals surface area (Å²) in [5.41, 5.74) is 3.35. The molecule has 6 nitrogen and oxygen atoms in total. The summed E-state index contributed by atoms with van der Waals surface area (Å²) in [6.07, 6.45) is 5.87. The summed E-state index contributed by atoms with van der Waals surface area (Å²) in [5.74, 6) is -1.52. The molecule has 2 aliphatic rings. The van der Waals surface area contributed by atoms with Crippen LogP contribution in [0.15, 0.2) is 48.8 Å². The summed E-state index contributed by atoms with van der Waals surface area (Å²) in [4.78, 5) is 14.6. The van der Waals surface area contributed by atoms with Gasteiger partial charge in [0.2, 0.25) is 0 Å². The van der Waals surface area contributed by atoms with Crippen molar-refractivity contribution in [1.82, 2.24) is 19.2 Å². The Morgan fingerprint density at radius 2 is 1.94 bits per heavy atom. The van der Waals surface area contributed by atoms with Crippen LogP contribution in [-0.4, -0.2) is 37.9 Å². The van der Waals surface area contributed by atoms with Gasteiger partial charge >= 0.3 is 0 Å². The lowest BCUT2D eigenvalue weighted by atomic mass is 10.0. The van der Waals surface area contributed by atoms with Gasteiger partial charge in [0, 0.05) is 55.7 Å². The molecule has 2 aliphatic heterocycles. The molecule has 0 bridgehead atoms. The van der Waals surface area contributed by atoms with E-state index in [-0.39, 0.29) is 24.1 Å². The van der Waals surface area contributed by atoms with E-state index in [1.54, 1.807) is 10.7 Å². The maximum Gasteiger partial charge on any atom is 0.271 e. The fourth-order valence-corrected chi connectivity index (χ4v) is 5.06. The lowest BCUT2D eigenvalue weighted by molar-refractivity contribution is 0.0740. The summed E-state index contributed by atoms with van der Waals surface area (Å²) in [6, 6.07) is 10.1. The fourth-order valence-electron chi connectivity index (χ4n) is 5.06. The Hall–Kier alpha value is -3.52. The number of ether oxygens (including phenoxy) is 1. The molecule has 1 unspecified atom stereocenters. The van der Waals surface area contributed by atoms with Crippen LogP contribution in [-0.2, 0) is 31.4 Å². The van der Waals surface area contributed by atoms with Gasteiger partial charge in [-0.2, -0.15) is 5.10 Å². The molecule has 34 heavy (non-hydrogen) atoms. The van der Waals surface area contributed by atoms with Crippen LogP contribution >= 0.6 is 0 Å². The second-order valence-electron chi connectivity index (χ2n) is 9.13. The molecule has 0 spiro atoms. The van der Waals surface area contributed by atoms with Crippen molar-refractivity contribution < 1.29 is 18.3 Å². The van der Waals surface area contributed by atoms with Gasteiger partial charge in [-0.15, -0.1) is 0 Å². The Bertz CT molecular complexity index is 1390. The Labute approximate surface area is 195 Å². The smallest absolute Gasteiger partial charge is 0.271 e.